The van der Waals surface area contributed by atoms with E-state index in [4.69, 9.17) is 6.42 Å². The molecular formula is C16H16O2S. The molecule has 19 heavy (non-hydrogen) atoms. The van der Waals surface area contributed by atoms with Crippen LogP contribution in [0.3, 0.4) is 0 Å². The maximum absolute atomic E-state index is 12.6. The van der Waals surface area contributed by atoms with E-state index in [1.807, 2.05) is 19.9 Å². The van der Waals surface area contributed by atoms with Crippen molar-refractivity contribution in [3.05, 3.63) is 59.2 Å². The summed E-state index contributed by atoms with van der Waals surface area (Å²) in [5.74, 6) is 2.43. The monoisotopic (exact) mass is 272 g/mol. The van der Waals surface area contributed by atoms with Crippen LogP contribution < -0.4 is 0 Å². The Morgan fingerprint density at radius 1 is 1.00 bits per heavy atom. The maximum atomic E-state index is 12.6. The molecule has 0 aliphatic carbocycles. The molecule has 0 radical (unpaired) electrons. The van der Waals surface area contributed by atoms with Crippen LogP contribution in [-0.2, 0) is 9.84 Å². The van der Waals surface area contributed by atoms with Crippen molar-refractivity contribution in [2.75, 3.05) is 0 Å². The lowest BCUT2D eigenvalue weighted by molar-refractivity contribution is 0.596. The van der Waals surface area contributed by atoms with Crippen molar-refractivity contribution in [1.29, 1.82) is 0 Å². The lowest BCUT2D eigenvalue weighted by Gasteiger charge is -2.08. The molecule has 2 nitrogen and oxygen atoms in total. The fourth-order valence-electron chi connectivity index (χ4n) is 1.82. The Morgan fingerprint density at radius 3 is 2.16 bits per heavy atom. The summed E-state index contributed by atoms with van der Waals surface area (Å²) in [4.78, 5) is 0.457. The van der Waals surface area contributed by atoms with Gasteiger partial charge < -0.3 is 0 Å². The van der Waals surface area contributed by atoms with Crippen LogP contribution in [0.1, 0.15) is 18.1 Å². The lowest BCUT2D eigenvalue weighted by atomic mass is 10.2. The van der Waals surface area contributed by atoms with Crippen LogP contribution in [0.4, 0.5) is 0 Å². The van der Waals surface area contributed by atoms with Gasteiger partial charge in [-0.1, -0.05) is 29.7 Å². The minimum absolute atomic E-state index is 0. The average molecular weight is 272 g/mol. The first-order valence-corrected chi connectivity index (χ1v) is 7.32. The maximum Gasteiger partial charge on any atom is 0.207 e. The predicted octanol–water partition coefficient (Wildman–Crippen LogP) is 3.36. The summed E-state index contributed by atoms with van der Waals surface area (Å²) in [6.45, 7) is 3.75. The first kappa shape index (κ1) is 13.4. The van der Waals surface area contributed by atoms with Crippen LogP contribution >= 0.6 is 0 Å². The van der Waals surface area contributed by atoms with Crippen LogP contribution in [0.5, 0.6) is 0 Å². The average Bonchev–Trinajstić information content (AvgIpc) is 2.39. The van der Waals surface area contributed by atoms with Crippen LogP contribution in [0.25, 0.3) is 0 Å². The second-order valence-electron chi connectivity index (χ2n) is 4.46. The van der Waals surface area contributed by atoms with E-state index in [2.05, 4.69) is 5.92 Å². The summed E-state index contributed by atoms with van der Waals surface area (Å²) in [7, 11) is -3.56. The normalized spacial score (nSPS) is 11.0. The van der Waals surface area contributed by atoms with E-state index in [0.717, 1.165) is 11.1 Å². The molecule has 2 aromatic rings. The molecule has 98 valence electrons. The number of benzene rings is 2. The van der Waals surface area contributed by atoms with Gasteiger partial charge in [0.1, 0.15) is 0 Å². The smallest absolute Gasteiger partial charge is 0.207 e. The molecule has 0 fully saturated rings. The van der Waals surface area contributed by atoms with E-state index < -0.39 is 9.84 Å². The first-order valence-electron chi connectivity index (χ1n) is 5.84. The van der Waals surface area contributed by atoms with Gasteiger partial charge in [0.25, 0.3) is 0 Å². The summed E-state index contributed by atoms with van der Waals surface area (Å²) < 4.78 is 25.2. The van der Waals surface area contributed by atoms with Crippen LogP contribution in [0, 0.1) is 26.2 Å². The zero-order valence-corrected chi connectivity index (χ0v) is 11.7. The molecule has 0 saturated carbocycles. The Morgan fingerprint density at radius 2 is 1.58 bits per heavy atom. The highest BCUT2D eigenvalue weighted by molar-refractivity contribution is 7.91. The molecule has 3 heteroatoms. The van der Waals surface area contributed by atoms with Gasteiger partial charge in [0.15, 0.2) is 0 Å². The molecule has 0 N–H and O–H groups in total. The lowest BCUT2D eigenvalue weighted by Crippen LogP contribution is -2.05. The standard InChI is InChI=1S/C16H14O2S.H2/c1-4-14-8-5-13(3)11-16(14)19(17,18)15-9-6-12(2)7-10-15;/h1,5-11H,2-3H3;1H. The molecule has 0 saturated heterocycles. The third-order valence-corrected chi connectivity index (χ3v) is 4.72. The van der Waals surface area contributed by atoms with Crippen molar-refractivity contribution in [2.45, 2.75) is 23.6 Å². The molecule has 0 bridgehead atoms. The van der Waals surface area contributed by atoms with E-state index in [1.54, 1.807) is 36.4 Å². The molecule has 2 aromatic carbocycles. The summed E-state index contributed by atoms with van der Waals surface area (Å²) in [5.41, 5.74) is 2.27. The zero-order chi connectivity index (χ0) is 14.0. The van der Waals surface area contributed by atoms with Gasteiger partial charge >= 0.3 is 0 Å². The molecule has 0 heterocycles. The van der Waals surface area contributed by atoms with Crippen LogP contribution in [0.2, 0.25) is 0 Å². The van der Waals surface area contributed by atoms with E-state index in [0.29, 0.717) is 5.56 Å². The molecule has 0 aliphatic rings. The van der Waals surface area contributed by atoms with Crippen molar-refractivity contribution in [3.63, 3.8) is 0 Å². The molecule has 0 aromatic heterocycles. The number of sulfone groups is 1. The van der Waals surface area contributed by atoms with Gasteiger partial charge in [-0.15, -0.1) is 6.42 Å². The van der Waals surface area contributed by atoms with E-state index in [9.17, 15) is 8.42 Å². The topological polar surface area (TPSA) is 34.1 Å². The summed E-state index contributed by atoms with van der Waals surface area (Å²) >= 11 is 0. The molecule has 0 aliphatic heterocycles. The fourth-order valence-corrected chi connectivity index (χ4v) is 3.32. The second kappa shape index (κ2) is 4.91. The number of hydrogen-bond acceptors (Lipinski definition) is 2. The van der Waals surface area contributed by atoms with E-state index in [-0.39, 0.29) is 11.2 Å². The minimum Gasteiger partial charge on any atom is -0.218 e. The van der Waals surface area contributed by atoms with Gasteiger partial charge in [0, 0.05) is 6.99 Å². The molecular weight excluding hydrogens is 256 g/mol. The highest BCUT2D eigenvalue weighted by Crippen LogP contribution is 2.25. The molecule has 0 atom stereocenters. The van der Waals surface area contributed by atoms with Gasteiger partial charge in [-0.3, -0.25) is 0 Å². The molecule has 0 spiro atoms. The Labute approximate surface area is 115 Å². The van der Waals surface area contributed by atoms with Crippen molar-refractivity contribution in [2.24, 2.45) is 0 Å². The quantitative estimate of drug-likeness (QED) is 0.786. The minimum atomic E-state index is -3.56. The largest absolute Gasteiger partial charge is 0.218 e. The second-order valence-corrected chi connectivity index (χ2v) is 6.38. The predicted molar refractivity (Wildman–Crippen MR) is 77.9 cm³/mol. The Kier molecular flexibility index (Phi) is 3.46. The van der Waals surface area contributed by atoms with Crippen molar-refractivity contribution in [1.82, 2.24) is 0 Å². The Hall–Kier alpha value is -2.05. The highest BCUT2D eigenvalue weighted by atomic mass is 32.2. The van der Waals surface area contributed by atoms with Crippen LogP contribution in [-0.4, -0.2) is 8.42 Å². The molecule has 2 rings (SSSR count). The van der Waals surface area contributed by atoms with E-state index >= 15 is 0 Å². The first-order chi connectivity index (χ1) is 8.95. The number of hydrogen-bond donors (Lipinski definition) is 0. The SMILES string of the molecule is C#Cc1ccc(C)cc1S(=O)(=O)c1ccc(C)cc1.[HH]. The zero-order valence-electron chi connectivity index (χ0n) is 10.8. The van der Waals surface area contributed by atoms with Crippen LogP contribution in [0.15, 0.2) is 52.3 Å². The molecule has 0 unspecified atom stereocenters. The summed E-state index contributed by atoms with van der Waals surface area (Å²) in [6, 6.07) is 11.8. The van der Waals surface area contributed by atoms with Crippen molar-refractivity contribution >= 4 is 9.84 Å². The summed E-state index contributed by atoms with van der Waals surface area (Å²) in [6.07, 6.45) is 5.39. The van der Waals surface area contributed by atoms with Gasteiger partial charge in [-0.25, -0.2) is 8.42 Å². The number of rotatable bonds is 2. The Balaban J connectivity index is 0.00000200. The number of aryl methyl sites for hydroxylation is 2. The van der Waals surface area contributed by atoms with Gasteiger partial charge in [-0.2, -0.15) is 0 Å². The van der Waals surface area contributed by atoms with Gasteiger partial charge in [0.2, 0.25) is 9.84 Å². The molecule has 0 amide bonds. The third-order valence-electron chi connectivity index (χ3n) is 2.91. The summed E-state index contributed by atoms with van der Waals surface area (Å²) in [5, 5.41) is 0. The van der Waals surface area contributed by atoms with E-state index in [1.165, 1.54) is 0 Å². The van der Waals surface area contributed by atoms with Crippen molar-refractivity contribution in [3.8, 4) is 12.3 Å². The van der Waals surface area contributed by atoms with Crippen molar-refractivity contribution < 1.29 is 9.84 Å². The Bertz CT molecular complexity index is 754. The van der Waals surface area contributed by atoms with Gasteiger partial charge in [-0.05, 0) is 43.7 Å². The third kappa shape index (κ3) is 2.54. The van der Waals surface area contributed by atoms with Gasteiger partial charge in [0.05, 0.1) is 9.79 Å². The highest BCUT2D eigenvalue weighted by Gasteiger charge is 2.20. The number of terminal acetylenes is 1. The fraction of sp³-hybridized carbons (Fsp3) is 0.125.